The molecule has 2 heterocycles. The Morgan fingerprint density at radius 2 is 1.39 bits per heavy atom. The van der Waals surface area contributed by atoms with Crippen molar-refractivity contribution in [3.8, 4) is 17.0 Å². The van der Waals surface area contributed by atoms with E-state index in [1.54, 1.807) is 7.11 Å². The fourth-order valence-corrected chi connectivity index (χ4v) is 7.44. The summed E-state index contributed by atoms with van der Waals surface area (Å²) in [5.41, 5.74) is 27.8. The number of benzene rings is 5. The third-order valence-electron chi connectivity index (χ3n) is 9.67. The van der Waals surface area contributed by atoms with Gasteiger partial charge in [0.15, 0.2) is 6.54 Å². The first kappa shape index (κ1) is 34.3. The van der Waals surface area contributed by atoms with E-state index in [-0.39, 0.29) is 0 Å². The van der Waals surface area contributed by atoms with Gasteiger partial charge in [-0.1, -0.05) is 35.9 Å². The van der Waals surface area contributed by atoms with Gasteiger partial charge in [-0.25, -0.2) is 4.98 Å². The van der Waals surface area contributed by atoms with E-state index in [4.69, 9.17) is 38.5 Å². The zero-order chi connectivity index (χ0) is 35.3. The Kier molecular flexibility index (Phi) is 10.4. The highest BCUT2D eigenvalue weighted by molar-refractivity contribution is 6.31. The van der Waals surface area contributed by atoms with Gasteiger partial charge in [-0.05, 0) is 106 Å². The molecule has 0 radical (unpaired) electrons. The third-order valence-corrected chi connectivity index (χ3v) is 9.90. The molecule has 0 bridgehead atoms. The van der Waals surface area contributed by atoms with E-state index in [2.05, 4.69) is 69.8 Å². The third kappa shape index (κ3) is 7.21. The van der Waals surface area contributed by atoms with Crippen molar-refractivity contribution in [3.63, 3.8) is 0 Å². The Labute approximate surface area is 303 Å². The molecule has 0 atom stereocenters. The zero-order valence-corrected chi connectivity index (χ0v) is 29.8. The van der Waals surface area contributed by atoms with Crippen LogP contribution in [0.15, 0.2) is 97.1 Å². The molecule has 0 aliphatic rings. The summed E-state index contributed by atoms with van der Waals surface area (Å²) < 4.78 is 8.16. The van der Waals surface area contributed by atoms with Gasteiger partial charge in [-0.2, -0.15) is 4.57 Å². The Hall–Kier alpha value is -5.15. The van der Waals surface area contributed by atoms with E-state index in [9.17, 15) is 0 Å². The number of pyridine rings is 2. The van der Waals surface area contributed by atoms with Crippen LogP contribution in [0.1, 0.15) is 24.8 Å². The van der Waals surface area contributed by atoms with Crippen molar-refractivity contribution >= 4 is 72.1 Å². The van der Waals surface area contributed by atoms with Gasteiger partial charge in [-0.15, -0.1) is 0 Å². The van der Waals surface area contributed by atoms with Gasteiger partial charge in [0.25, 0.3) is 0 Å². The number of anilines is 3. The molecule has 7 aromatic rings. The summed E-state index contributed by atoms with van der Waals surface area (Å²) in [5, 5.41) is 13.3. The summed E-state index contributed by atoms with van der Waals surface area (Å²) in [5.74, 6) is 0.840. The van der Waals surface area contributed by atoms with Gasteiger partial charge in [-0.3, -0.25) is 0 Å². The molecule has 9 heteroatoms. The molecule has 0 amide bonds. The van der Waals surface area contributed by atoms with Crippen LogP contribution in [0.4, 0.5) is 17.1 Å². The number of rotatable bonds is 14. The minimum absolute atomic E-state index is 0.646. The molecule has 0 unspecified atom stereocenters. The fraction of sp³-hybridized carbons (Fsp3) is 0.238. The lowest BCUT2D eigenvalue weighted by molar-refractivity contribution is -0.659. The van der Waals surface area contributed by atoms with Crippen LogP contribution < -0.4 is 37.1 Å². The largest absolute Gasteiger partial charge is 0.496 e. The van der Waals surface area contributed by atoms with E-state index in [1.807, 2.05) is 42.5 Å². The van der Waals surface area contributed by atoms with Crippen LogP contribution in [0.5, 0.6) is 5.75 Å². The maximum Gasteiger partial charge on any atom is 0.220 e. The number of nitrogens with zero attached hydrogens (tertiary/aromatic N) is 2. The highest BCUT2D eigenvalue weighted by atomic mass is 35.5. The SMILES string of the molecule is COc1ccc2nc3cc(Cl)ccc3c(N)c2c1CCCNCCCNCCC[n+]1c(-c2ccccc2)c2cc(N)ccc2c2ccc(N)cc21. The summed E-state index contributed by atoms with van der Waals surface area (Å²) >= 11 is 6.22. The number of hydrogen-bond acceptors (Lipinski definition) is 7. The second kappa shape index (κ2) is 15.4. The lowest BCUT2D eigenvalue weighted by Gasteiger charge is -2.15. The molecule has 0 spiro atoms. The molecule has 0 fully saturated rings. The van der Waals surface area contributed by atoms with E-state index in [1.165, 1.54) is 16.5 Å². The predicted molar refractivity (Wildman–Crippen MR) is 214 cm³/mol. The smallest absolute Gasteiger partial charge is 0.220 e. The first-order chi connectivity index (χ1) is 24.9. The van der Waals surface area contributed by atoms with E-state index < -0.39 is 0 Å². The van der Waals surface area contributed by atoms with Crippen LogP contribution in [0.25, 0.3) is 54.7 Å². The van der Waals surface area contributed by atoms with Crippen LogP contribution in [-0.2, 0) is 13.0 Å². The van der Waals surface area contributed by atoms with Crippen molar-refractivity contribution in [3.05, 3.63) is 108 Å². The molecule has 2 aromatic heterocycles. The Bertz CT molecular complexity index is 2350. The van der Waals surface area contributed by atoms with Gasteiger partial charge in [0.05, 0.1) is 34.6 Å². The zero-order valence-electron chi connectivity index (χ0n) is 29.0. The number of halogens is 1. The molecule has 0 aliphatic heterocycles. The molecule has 51 heavy (non-hydrogen) atoms. The van der Waals surface area contributed by atoms with Crippen LogP contribution >= 0.6 is 11.6 Å². The predicted octanol–water partition coefficient (Wildman–Crippen LogP) is 7.65. The summed E-state index contributed by atoms with van der Waals surface area (Å²) in [7, 11) is 1.71. The van der Waals surface area contributed by atoms with Gasteiger partial charge in [0, 0.05) is 62.7 Å². The average Bonchev–Trinajstić information content (AvgIpc) is 3.13. The standard InChI is InChI=1S/C42H44ClN7O/c1-51-39-18-17-36-40(41(46)33-14-11-28(43)24-37(33)49-36)34(39)10-5-19-47-20-6-21-48-22-7-23-50-38-26-30(45)13-16-32(38)31-15-12-29(44)25-35(31)42(50)27-8-3-2-4-9-27/h2-4,8-9,11-18,24-26,45,47-48H,5-7,10,19-23,44H2,1H3,(H2,46,49)/p+1. The number of aromatic nitrogens is 2. The molecule has 0 saturated heterocycles. The Morgan fingerprint density at radius 1 is 0.686 bits per heavy atom. The summed E-state index contributed by atoms with van der Waals surface area (Å²) in [4.78, 5) is 4.85. The average molecular weight is 699 g/mol. The lowest BCUT2D eigenvalue weighted by Crippen LogP contribution is -2.39. The minimum Gasteiger partial charge on any atom is -0.496 e. The van der Waals surface area contributed by atoms with Crippen molar-refractivity contribution in [1.29, 1.82) is 0 Å². The van der Waals surface area contributed by atoms with Crippen LogP contribution in [0.2, 0.25) is 5.02 Å². The normalized spacial score (nSPS) is 11.6. The van der Waals surface area contributed by atoms with E-state index in [0.717, 1.165) is 125 Å². The molecule has 0 aliphatic carbocycles. The van der Waals surface area contributed by atoms with Crippen molar-refractivity contribution in [1.82, 2.24) is 15.6 Å². The van der Waals surface area contributed by atoms with Gasteiger partial charge in [0.1, 0.15) is 5.75 Å². The molecule has 8 N–H and O–H groups in total. The number of ether oxygens (including phenoxy) is 1. The second-order valence-corrected chi connectivity index (χ2v) is 13.5. The maximum absolute atomic E-state index is 6.70. The molecule has 8 nitrogen and oxygen atoms in total. The van der Waals surface area contributed by atoms with Crippen LogP contribution in [0.3, 0.4) is 0 Å². The maximum atomic E-state index is 6.70. The molecule has 5 aromatic carbocycles. The highest BCUT2D eigenvalue weighted by Gasteiger charge is 2.23. The molecule has 260 valence electrons. The molecule has 0 saturated carbocycles. The van der Waals surface area contributed by atoms with E-state index >= 15 is 0 Å². The quantitative estimate of drug-likeness (QED) is 0.0260. The summed E-state index contributed by atoms with van der Waals surface area (Å²) in [6, 6.07) is 32.6. The number of nitrogens with one attached hydrogen (secondary N) is 2. The number of fused-ring (bicyclic) bond motifs is 5. The molecular weight excluding hydrogens is 654 g/mol. The first-order valence-electron chi connectivity index (χ1n) is 17.7. The van der Waals surface area contributed by atoms with Crippen LogP contribution in [-0.4, -0.2) is 38.3 Å². The highest BCUT2D eigenvalue weighted by Crippen LogP contribution is 2.37. The Morgan fingerprint density at radius 3 is 2.18 bits per heavy atom. The van der Waals surface area contributed by atoms with E-state index in [0.29, 0.717) is 5.02 Å². The number of methoxy groups -OCH3 is 1. The van der Waals surface area contributed by atoms with Gasteiger partial charge < -0.3 is 32.6 Å². The topological polar surface area (TPSA) is 128 Å². The minimum atomic E-state index is 0.646. The van der Waals surface area contributed by atoms with Crippen molar-refractivity contribution in [2.24, 2.45) is 0 Å². The number of nitrogen functional groups attached to an aromatic ring is 3. The monoisotopic (exact) mass is 698 g/mol. The van der Waals surface area contributed by atoms with Crippen molar-refractivity contribution in [2.75, 3.05) is 50.5 Å². The number of aryl methyl sites for hydroxylation is 2. The molecular formula is C42H45ClN7O+. The van der Waals surface area contributed by atoms with Crippen molar-refractivity contribution < 1.29 is 9.30 Å². The number of nitrogens with two attached hydrogens (primary N) is 3. The lowest BCUT2D eigenvalue weighted by atomic mass is 9.98. The van der Waals surface area contributed by atoms with Gasteiger partial charge >= 0.3 is 0 Å². The number of hydrogen-bond donors (Lipinski definition) is 5. The summed E-state index contributed by atoms with van der Waals surface area (Å²) in [6.07, 6.45) is 3.81. The van der Waals surface area contributed by atoms with Gasteiger partial charge in [0.2, 0.25) is 11.2 Å². The van der Waals surface area contributed by atoms with Crippen molar-refractivity contribution in [2.45, 2.75) is 32.2 Å². The first-order valence-corrected chi connectivity index (χ1v) is 18.1. The Balaban J connectivity index is 0.937. The fourth-order valence-electron chi connectivity index (χ4n) is 7.28. The summed E-state index contributed by atoms with van der Waals surface area (Å²) in [6.45, 7) is 4.55. The molecule has 7 rings (SSSR count). The second-order valence-electron chi connectivity index (χ2n) is 13.1. The van der Waals surface area contributed by atoms with Crippen LogP contribution in [0, 0.1) is 0 Å².